The highest BCUT2D eigenvalue weighted by Crippen LogP contribution is 2.26. The van der Waals surface area contributed by atoms with Crippen molar-refractivity contribution >= 4 is 11.6 Å². The molecule has 6 heteroatoms. The summed E-state index contributed by atoms with van der Waals surface area (Å²) in [6.07, 6.45) is 5.02. The molecule has 0 atom stereocenters. The average molecular weight is 298 g/mol. The first kappa shape index (κ1) is 15.7. The van der Waals surface area contributed by atoms with Crippen LogP contribution in [0.25, 0.3) is 0 Å². The number of amides is 1. The molecule has 0 bridgehead atoms. The Bertz CT molecular complexity index is 527. The minimum Gasteiger partial charge on any atom is -0.396 e. The Morgan fingerprint density at radius 3 is 2.48 bits per heavy atom. The zero-order valence-electron chi connectivity index (χ0n) is 11.8. The first-order valence-corrected chi connectivity index (χ1v) is 7.17. The monoisotopic (exact) mass is 298 g/mol. The summed E-state index contributed by atoms with van der Waals surface area (Å²) in [5.41, 5.74) is 3.36. The Morgan fingerprint density at radius 2 is 1.86 bits per heavy atom. The van der Waals surface area contributed by atoms with Gasteiger partial charge in [0, 0.05) is 6.54 Å². The maximum atomic E-state index is 13.8. The maximum Gasteiger partial charge on any atom is 0.257 e. The molecule has 1 aromatic carbocycles. The lowest BCUT2D eigenvalue weighted by atomic mass is 9.94. The topological polar surface area (TPSA) is 75.4 Å². The molecule has 0 radical (unpaired) electrons. The fourth-order valence-electron chi connectivity index (χ4n) is 2.67. The minimum absolute atomic E-state index is 0.0144. The summed E-state index contributed by atoms with van der Waals surface area (Å²) in [6.45, 7) is -0.0144. The van der Waals surface area contributed by atoms with Crippen LogP contribution in [-0.4, -0.2) is 23.2 Å². The Kier molecular flexibility index (Phi) is 4.77. The molecule has 1 aliphatic rings. The van der Waals surface area contributed by atoms with Gasteiger partial charge in [0.1, 0.15) is 11.4 Å². The van der Waals surface area contributed by atoms with Gasteiger partial charge in [0.15, 0.2) is 5.82 Å². The fourth-order valence-corrected chi connectivity index (χ4v) is 2.67. The molecule has 0 spiro atoms. The molecule has 2 rings (SSSR count). The Hall–Kier alpha value is -1.69. The van der Waals surface area contributed by atoms with Crippen molar-refractivity contribution in [3.8, 4) is 0 Å². The van der Waals surface area contributed by atoms with Gasteiger partial charge < -0.3 is 16.2 Å². The van der Waals surface area contributed by atoms with Crippen LogP contribution in [0.4, 0.5) is 14.5 Å². The van der Waals surface area contributed by atoms with E-state index in [0.29, 0.717) is 12.8 Å². The van der Waals surface area contributed by atoms with Crippen molar-refractivity contribution in [1.82, 2.24) is 5.32 Å². The number of carbonyl (C=O) groups is 1. The summed E-state index contributed by atoms with van der Waals surface area (Å²) in [4.78, 5) is 12.0. The minimum atomic E-state index is -1.07. The molecular weight excluding hydrogens is 278 g/mol. The molecule has 1 saturated carbocycles. The van der Waals surface area contributed by atoms with Crippen molar-refractivity contribution in [2.75, 3.05) is 12.3 Å². The van der Waals surface area contributed by atoms with Crippen molar-refractivity contribution in [3.05, 3.63) is 29.3 Å². The standard InChI is InChI=1S/C15H20F2N2O2/c16-10-5-6-11(18)13(17)12(10)14(20)19-9-15(21)7-3-1-2-4-8-15/h5-6,21H,1-4,7-9,18H2,(H,19,20). The summed E-state index contributed by atoms with van der Waals surface area (Å²) in [6, 6.07) is 2.02. The smallest absolute Gasteiger partial charge is 0.257 e. The third-order valence-electron chi connectivity index (χ3n) is 3.96. The second-order valence-corrected chi connectivity index (χ2v) is 5.65. The number of rotatable bonds is 3. The van der Waals surface area contributed by atoms with Gasteiger partial charge in [0.2, 0.25) is 0 Å². The van der Waals surface area contributed by atoms with E-state index in [1.54, 1.807) is 0 Å². The zero-order valence-corrected chi connectivity index (χ0v) is 11.8. The van der Waals surface area contributed by atoms with Gasteiger partial charge in [-0.05, 0) is 25.0 Å². The quantitative estimate of drug-likeness (QED) is 0.592. The number of anilines is 1. The van der Waals surface area contributed by atoms with Crippen molar-refractivity contribution < 1.29 is 18.7 Å². The summed E-state index contributed by atoms with van der Waals surface area (Å²) in [5, 5.41) is 12.8. The maximum absolute atomic E-state index is 13.8. The molecule has 21 heavy (non-hydrogen) atoms. The molecule has 1 fully saturated rings. The van der Waals surface area contributed by atoms with Crippen LogP contribution in [0.2, 0.25) is 0 Å². The van der Waals surface area contributed by atoms with Gasteiger partial charge in [0.05, 0.1) is 11.3 Å². The van der Waals surface area contributed by atoms with Crippen LogP contribution in [-0.2, 0) is 0 Å². The molecule has 0 unspecified atom stereocenters. The van der Waals surface area contributed by atoms with E-state index in [9.17, 15) is 18.7 Å². The predicted molar refractivity (Wildman–Crippen MR) is 75.8 cm³/mol. The van der Waals surface area contributed by atoms with Gasteiger partial charge in [-0.25, -0.2) is 8.78 Å². The van der Waals surface area contributed by atoms with Crippen LogP contribution in [0, 0.1) is 11.6 Å². The van der Waals surface area contributed by atoms with E-state index in [0.717, 1.165) is 37.8 Å². The molecule has 0 aliphatic heterocycles. The third-order valence-corrected chi connectivity index (χ3v) is 3.96. The van der Waals surface area contributed by atoms with Crippen LogP contribution >= 0.6 is 0 Å². The molecule has 0 heterocycles. The van der Waals surface area contributed by atoms with E-state index in [-0.39, 0.29) is 12.2 Å². The highest BCUT2D eigenvalue weighted by molar-refractivity contribution is 5.95. The van der Waals surface area contributed by atoms with Crippen LogP contribution in [0.1, 0.15) is 48.9 Å². The molecule has 1 aliphatic carbocycles. The van der Waals surface area contributed by atoms with Gasteiger partial charge in [-0.15, -0.1) is 0 Å². The zero-order chi connectivity index (χ0) is 15.5. The number of nitrogens with one attached hydrogen (secondary N) is 1. The van der Waals surface area contributed by atoms with Crippen LogP contribution in [0.5, 0.6) is 0 Å². The molecule has 4 N–H and O–H groups in total. The van der Waals surface area contributed by atoms with E-state index >= 15 is 0 Å². The van der Waals surface area contributed by atoms with E-state index in [1.165, 1.54) is 0 Å². The first-order valence-electron chi connectivity index (χ1n) is 7.17. The number of aliphatic hydroxyl groups is 1. The number of benzene rings is 1. The number of hydrogen-bond donors (Lipinski definition) is 3. The Balaban J connectivity index is 2.06. The summed E-state index contributed by atoms with van der Waals surface area (Å²) >= 11 is 0. The van der Waals surface area contributed by atoms with Crippen molar-refractivity contribution in [2.45, 2.75) is 44.1 Å². The number of carbonyl (C=O) groups excluding carboxylic acids is 1. The number of hydrogen-bond acceptors (Lipinski definition) is 3. The fraction of sp³-hybridized carbons (Fsp3) is 0.533. The SMILES string of the molecule is Nc1ccc(F)c(C(=O)NCC2(O)CCCCCC2)c1F. The van der Waals surface area contributed by atoms with Crippen molar-refractivity contribution in [2.24, 2.45) is 0 Å². The van der Waals surface area contributed by atoms with Crippen LogP contribution in [0.3, 0.4) is 0 Å². The number of nitrogen functional groups attached to an aromatic ring is 1. The lowest BCUT2D eigenvalue weighted by Crippen LogP contribution is -2.43. The normalized spacial score (nSPS) is 18.0. The first-order chi connectivity index (χ1) is 9.93. The Morgan fingerprint density at radius 1 is 1.24 bits per heavy atom. The van der Waals surface area contributed by atoms with Gasteiger partial charge in [-0.1, -0.05) is 25.7 Å². The highest BCUT2D eigenvalue weighted by Gasteiger charge is 2.29. The van der Waals surface area contributed by atoms with Gasteiger partial charge in [0.25, 0.3) is 5.91 Å². The molecule has 1 aromatic rings. The second-order valence-electron chi connectivity index (χ2n) is 5.65. The molecule has 116 valence electrons. The highest BCUT2D eigenvalue weighted by atomic mass is 19.1. The third kappa shape index (κ3) is 3.69. The molecule has 4 nitrogen and oxygen atoms in total. The molecule has 1 amide bonds. The summed E-state index contributed by atoms with van der Waals surface area (Å²) in [7, 11) is 0. The largest absolute Gasteiger partial charge is 0.396 e. The van der Waals surface area contributed by atoms with Crippen LogP contribution < -0.4 is 11.1 Å². The Labute approximate surface area is 122 Å². The van der Waals surface area contributed by atoms with Gasteiger partial charge in [-0.3, -0.25) is 4.79 Å². The van der Waals surface area contributed by atoms with Crippen molar-refractivity contribution in [1.29, 1.82) is 0 Å². The molecular formula is C15H20F2N2O2. The van der Waals surface area contributed by atoms with E-state index in [4.69, 9.17) is 5.73 Å². The van der Waals surface area contributed by atoms with Crippen LogP contribution in [0.15, 0.2) is 12.1 Å². The van der Waals surface area contributed by atoms with E-state index in [1.807, 2.05) is 0 Å². The number of halogens is 2. The average Bonchev–Trinajstić information content (AvgIpc) is 2.67. The van der Waals surface area contributed by atoms with Gasteiger partial charge in [-0.2, -0.15) is 0 Å². The summed E-state index contributed by atoms with van der Waals surface area (Å²) in [5.74, 6) is -2.93. The summed E-state index contributed by atoms with van der Waals surface area (Å²) < 4.78 is 27.3. The second kappa shape index (κ2) is 6.39. The molecule has 0 aromatic heterocycles. The lowest BCUT2D eigenvalue weighted by Gasteiger charge is -2.26. The predicted octanol–water partition coefficient (Wildman–Crippen LogP) is 2.36. The number of nitrogens with two attached hydrogens (primary N) is 1. The molecule has 0 saturated heterocycles. The lowest BCUT2D eigenvalue weighted by molar-refractivity contribution is 0.0245. The van der Waals surface area contributed by atoms with Crippen molar-refractivity contribution in [3.63, 3.8) is 0 Å². The van der Waals surface area contributed by atoms with E-state index < -0.39 is 28.7 Å². The van der Waals surface area contributed by atoms with E-state index in [2.05, 4.69) is 5.32 Å². The van der Waals surface area contributed by atoms with Gasteiger partial charge >= 0.3 is 0 Å².